The van der Waals surface area contributed by atoms with Crippen LogP contribution in [-0.4, -0.2) is 10.4 Å². The third-order valence-electron chi connectivity index (χ3n) is 3.73. The molecule has 3 aromatic rings. The quantitative estimate of drug-likeness (QED) is 0.636. The lowest BCUT2D eigenvalue weighted by Gasteiger charge is -2.08. The Morgan fingerprint density at radius 2 is 1.65 bits per heavy atom. The van der Waals surface area contributed by atoms with Gasteiger partial charge in [0.1, 0.15) is 0 Å². The van der Waals surface area contributed by atoms with Crippen molar-refractivity contribution in [1.29, 1.82) is 0 Å². The van der Waals surface area contributed by atoms with Gasteiger partial charge in [0.25, 0.3) is 0 Å². The molecule has 100 valence electrons. The van der Waals surface area contributed by atoms with Crippen molar-refractivity contribution in [3.8, 4) is 5.69 Å². The van der Waals surface area contributed by atoms with Crippen LogP contribution in [0.3, 0.4) is 0 Å². The average molecular weight is 263 g/mol. The molecular formula is C18H17NO. The number of nitrogens with zero attached hydrogens (tertiary/aromatic N) is 1. The van der Waals surface area contributed by atoms with Gasteiger partial charge in [-0.25, -0.2) is 0 Å². The maximum absolute atomic E-state index is 12.3. The second-order valence-corrected chi connectivity index (χ2v) is 4.93. The Hall–Kier alpha value is -2.35. The van der Waals surface area contributed by atoms with Gasteiger partial charge < -0.3 is 4.57 Å². The molecule has 0 aliphatic heterocycles. The van der Waals surface area contributed by atoms with E-state index in [0.29, 0.717) is 6.42 Å². The molecule has 2 nitrogen and oxygen atoms in total. The molecule has 0 atom stereocenters. The Labute approximate surface area is 118 Å². The second kappa shape index (κ2) is 4.97. The highest BCUT2D eigenvalue weighted by atomic mass is 16.1. The summed E-state index contributed by atoms with van der Waals surface area (Å²) >= 11 is 0. The minimum absolute atomic E-state index is 0.202. The molecule has 0 bridgehead atoms. The van der Waals surface area contributed by atoms with Crippen LogP contribution < -0.4 is 0 Å². The molecule has 3 rings (SSSR count). The van der Waals surface area contributed by atoms with Crippen molar-refractivity contribution in [3.63, 3.8) is 0 Å². The van der Waals surface area contributed by atoms with E-state index in [1.807, 2.05) is 50.2 Å². The van der Waals surface area contributed by atoms with Gasteiger partial charge in [0, 0.05) is 28.8 Å². The topological polar surface area (TPSA) is 22.0 Å². The van der Waals surface area contributed by atoms with Crippen LogP contribution in [0, 0.1) is 6.92 Å². The van der Waals surface area contributed by atoms with Gasteiger partial charge in [-0.3, -0.25) is 4.79 Å². The van der Waals surface area contributed by atoms with E-state index in [2.05, 4.69) is 22.8 Å². The van der Waals surface area contributed by atoms with Crippen LogP contribution in [0.5, 0.6) is 0 Å². The number of rotatable bonds is 3. The third kappa shape index (κ3) is 1.85. The number of ketones is 1. The molecule has 0 spiro atoms. The maximum Gasteiger partial charge on any atom is 0.165 e. The first-order valence-corrected chi connectivity index (χ1v) is 6.92. The SMILES string of the molecule is CCC(=O)c1c(C)n(-c2ccccc2)c2ccccc12. The number of hydrogen-bond acceptors (Lipinski definition) is 1. The highest BCUT2D eigenvalue weighted by molar-refractivity contribution is 6.09. The average Bonchev–Trinajstić information content (AvgIpc) is 2.79. The minimum atomic E-state index is 0.202. The lowest BCUT2D eigenvalue weighted by molar-refractivity contribution is 0.0989. The Kier molecular flexibility index (Phi) is 3.15. The van der Waals surface area contributed by atoms with Crippen molar-refractivity contribution >= 4 is 16.7 Å². The van der Waals surface area contributed by atoms with Gasteiger partial charge in [-0.15, -0.1) is 0 Å². The molecule has 1 heterocycles. The summed E-state index contributed by atoms with van der Waals surface area (Å²) in [7, 11) is 0. The first-order valence-electron chi connectivity index (χ1n) is 6.92. The van der Waals surface area contributed by atoms with E-state index >= 15 is 0 Å². The number of hydrogen-bond donors (Lipinski definition) is 0. The molecule has 0 unspecified atom stereocenters. The smallest absolute Gasteiger partial charge is 0.165 e. The Bertz CT molecular complexity index is 769. The van der Waals surface area contributed by atoms with E-state index < -0.39 is 0 Å². The number of para-hydroxylation sites is 2. The Morgan fingerprint density at radius 1 is 1.00 bits per heavy atom. The van der Waals surface area contributed by atoms with Crippen molar-refractivity contribution in [3.05, 3.63) is 65.9 Å². The van der Waals surface area contributed by atoms with E-state index in [-0.39, 0.29) is 5.78 Å². The summed E-state index contributed by atoms with van der Waals surface area (Å²) in [4.78, 5) is 12.3. The minimum Gasteiger partial charge on any atom is -0.313 e. The Balaban J connectivity index is 2.39. The van der Waals surface area contributed by atoms with Crippen LogP contribution in [-0.2, 0) is 0 Å². The van der Waals surface area contributed by atoms with E-state index in [0.717, 1.165) is 27.8 Å². The highest BCUT2D eigenvalue weighted by Gasteiger charge is 2.18. The zero-order valence-electron chi connectivity index (χ0n) is 11.8. The number of Topliss-reactive ketones (excluding diaryl/α,β-unsaturated/α-hetero) is 1. The number of fused-ring (bicyclic) bond motifs is 1. The van der Waals surface area contributed by atoms with Crippen LogP contribution in [0.25, 0.3) is 16.6 Å². The number of carbonyl (C=O) groups excluding carboxylic acids is 1. The van der Waals surface area contributed by atoms with Crippen LogP contribution in [0.1, 0.15) is 29.4 Å². The number of aromatic nitrogens is 1. The van der Waals surface area contributed by atoms with E-state index in [9.17, 15) is 4.79 Å². The molecule has 0 amide bonds. The summed E-state index contributed by atoms with van der Waals surface area (Å²) < 4.78 is 2.16. The largest absolute Gasteiger partial charge is 0.313 e. The lowest BCUT2D eigenvalue weighted by Crippen LogP contribution is -2.01. The summed E-state index contributed by atoms with van der Waals surface area (Å²) in [6.45, 7) is 3.94. The van der Waals surface area contributed by atoms with Crippen LogP contribution >= 0.6 is 0 Å². The molecule has 0 saturated carbocycles. The van der Waals surface area contributed by atoms with E-state index in [1.54, 1.807) is 0 Å². The maximum atomic E-state index is 12.3. The lowest BCUT2D eigenvalue weighted by atomic mass is 10.1. The third-order valence-corrected chi connectivity index (χ3v) is 3.73. The van der Waals surface area contributed by atoms with Crippen LogP contribution in [0.4, 0.5) is 0 Å². The van der Waals surface area contributed by atoms with Gasteiger partial charge in [0.2, 0.25) is 0 Å². The van der Waals surface area contributed by atoms with Crippen LogP contribution in [0.2, 0.25) is 0 Å². The van der Waals surface area contributed by atoms with Crippen LogP contribution in [0.15, 0.2) is 54.6 Å². The fourth-order valence-electron chi connectivity index (χ4n) is 2.81. The first kappa shape index (κ1) is 12.7. The zero-order valence-corrected chi connectivity index (χ0v) is 11.8. The summed E-state index contributed by atoms with van der Waals surface area (Å²) in [6.07, 6.45) is 0.531. The number of carbonyl (C=O) groups is 1. The van der Waals surface area contributed by atoms with Crippen molar-refractivity contribution in [2.75, 3.05) is 0 Å². The molecule has 2 heteroatoms. The molecule has 0 aliphatic carbocycles. The molecule has 0 fully saturated rings. The van der Waals surface area contributed by atoms with Crippen molar-refractivity contribution in [1.82, 2.24) is 4.57 Å². The fraction of sp³-hybridized carbons (Fsp3) is 0.167. The van der Waals surface area contributed by atoms with Gasteiger partial charge in [0.15, 0.2) is 5.78 Å². The zero-order chi connectivity index (χ0) is 14.1. The van der Waals surface area contributed by atoms with Crippen molar-refractivity contribution in [2.45, 2.75) is 20.3 Å². The fourth-order valence-corrected chi connectivity index (χ4v) is 2.81. The highest BCUT2D eigenvalue weighted by Crippen LogP contribution is 2.29. The summed E-state index contributed by atoms with van der Waals surface area (Å²) in [5.41, 5.74) is 4.06. The van der Waals surface area contributed by atoms with Crippen molar-refractivity contribution < 1.29 is 4.79 Å². The Morgan fingerprint density at radius 3 is 2.35 bits per heavy atom. The first-order chi connectivity index (χ1) is 9.74. The monoisotopic (exact) mass is 263 g/mol. The number of benzene rings is 2. The molecule has 0 aliphatic rings. The van der Waals surface area contributed by atoms with E-state index in [1.165, 1.54) is 0 Å². The molecule has 2 aromatic carbocycles. The van der Waals surface area contributed by atoms with Crippen molar-refractivity contribution in [2.24, 2.45) is 0 Å². The van der Waals surface area contributed by atoms with Gasteiger partial charge >= 0.3 is 0 Å². The summed E-state index contributed by atoms with van der Waals surface area (Å²) in [5, 5.41) is 1.04. The van der Waals surface area contributed by atoms with Gasteiger partial charge in [-0.05, 0) is 25.1 Å². The van der Waals surface area contributed by atoms with E-state index in [4.69, 9.17) is 0 Å². The summed E-state index contributed by atoms with van der Waals surface area (Å²) in [6, 6.07) is 18.3. The second-order valence-electron chi connectivity index (χ2n) is 4.93. The normalized spacial score (nSPS) is 10.9. The predicted octanol–water partition coefficient (Wildman–Crippen LogP) is 4.53. The molecule has 0 N–H and O–H groups in total. The standard InChI is InChI=1S/C18H17NO/c1-3-17(20)18-13(2)19(14-9-5-4-6-10-14)16-12-8-7-11-15(16)18/h4-12H,3H2,1-2H3. The molecule has 20 heavy (non-hydrogen) atoms. The van der Waals surface area contributed by atoms with Gasteiger partial charge in [-0.2, -0.15) is 0 Å². The summed E-state index contributed by atoms with van der Waals surface area (Å²) in [5.74, 6) is 0.202. The predicted molar refractivity (Wildman–Crippen MR) is 82.6 cm³/mol. The molecular weight excluding hydrogens is 246 g/mol. The van der Waals surface area contributed by atoms with Gasteiger partial charge in [0.05, 0.1) is 5.52 Å². The molecule has 0 radical (unpaired) electrons. The molecule has 1 aromatic heterocycles. The van der Waals surface area contributed by atoms with Gasteiger partial charge in [-0.1, -0.05) is 43.3 Å². The molecule has 0 saturated heterocycles.